The summed E-state index contributed by atoms with van der Waals surface area (Å²) >= 11 is 0. The molecule has 0 N–H and O–H groups in total. The minimum atomic E-state index is -0.430. The number of anilines is 2. The summed E-state index contributed by atoms with van der Waals surface area (Å²) in [6.45, 7) is 30.2. The van der Waals surface area contributed by atoms with Crippen molar-refractivity contribution < 1.29 is 19.2 Å². The van der Waals surface area contributed by atoms with E-state index in [2.05, 4.69) is 165 Å². The Bertz CT molecular complexity index is 3510. The van der Waals surface area contributed by atoms with Crippen LogP contribution in [-0.2, 0) is 21.7 Å². The third kappa shape index (κ3) is 7.08. The zero-order valence-electron chi connectivity index (χ0n) is 44.0. The van der Waals surface area contributed by atoms with Crippen LogP contribution >= 0.6 is 0 Å². The lowest BCUT2D eigenvalue weighted by Crippen LogP contribution is -2.32. The van der Waals surface area contributed by atoms with Crippen molar-refractivity contribution in [2.24, 2.45) is 0 Å². The Morgan fingerprint density at radius 3 is 0.833 bits per heavy atom. The second-order valence-corrected chi connectivity index (χ2v) is 24.4. The van der Waals surface area contributed by atoms with Gasteiger partial charge in [-0.15, -0.1) is 0 Å². The van der Waals surface area contributed by atoms with Crippen LogP contribution in [0.15, 0.2) is 121 Å². The normalized spacial score (nSPS) is 14.6. The standard InChI is InChI=1S/C64H62N4O4/c1-35-27-56(68-58(70)44-22-20-42(34-50(44)60(68)72)66-53-25-17-39(63(9,10)11)31-47(53)48-32-40(64(12,13)14)18-26-54(48)66)36(2)28-55(35)67-57(69)43-21-19-41(33-49(43)59(67)71)65-51-23-15-37(61(3,4)5)29-45(51)46-30-38(62(6,7)8)16-24-52(46)65/h15-34H,1-14H3. The van der Waals surface area contributed by atoms with Crippen LogP contribution in [-0.4, -0.2) is 32.8 Å². The molecule has 0 fully saturated rings. The summed E-state index contributed by atoms with van der Waals surface area (Å²) in [5.41, 5.74) is 13.5. The first-order chi connectivity index (χ1) is 33.7. The van der Waals surface area contributed by atoms with Gasteiger partial charge in [-0.25, -0.2) is 9.80 Å². The number of nitrogens with zero attached hydrogens (tertiary/aromatic N) is 4. The molecule has 8 nitrogen and oxygen atoms in total. The third-order valence-electron chi connectivity index (χ3n) is 15.2. The van der Waals surface area contributed by atoms with Crippen molar-refractivity contribution in [3.8, 4) is 11.4 Å². The van der Waals surface area contributed by atoms with Crippen LogP contribution in [0.4, 0.5) is 11.4 Å². The number of amides is 4. The maximum atomic E-state index is 14.6. The number of hydrogen-bond acceptors (Lipinski definition) is 4. The molecule has 0 atom stereocenters. The molecule has 4 heterocycles. The first-order valence-electron chi connectivity index (χ1n) is 25.1. The third-order valence-corrected chi connectivity index (χ3v) is 15.2. The highest BCUT2D eigenvalue weighted by atomic mass is 16.2. The predicted molar refractivity (Wildman–Crippen MR) is 295 cm³/mol. The van der Waals surface area contributed by atoms with Gasteiger partial charge in [-0.3, -0.25) is 19.2 Å². The Kier molecular flexibility index (Phi) is 10.0. The van der Waals surface area contributed by atoms with Gasteiger partial charge in [-0.05, 0) is 166 Å². The molecule has 0 unspecified atom stereocenters. The van der Waals surface area contributed by atoms with Gasteiger partial charge in [0.1, 0.15) is 0 Å². The Hall–Kier alpha value is -7.58. The second kappa shape index (κ2) is 15.5. The zero-order valence-corrected chi connectivity index (χ0v) is 44.0. The van der Waals surface area contributed by atoms with Gasteiger partial charge in [0.25, 0.3) is 23.6 Å². The molecule has 362 valence electrons. The number of aryl methyl sites for hydroxylation is 2. The van der Waals surface area contributed by atoms with Gasteiger partial charge in [-0.2, -0.15) is 0 Å². The SMILES string of the molecule is Cc1cc(N2C(=O)c3ccc(-n4c5ccc(C(C)(C)C)cc5c5cc(C(C)(C)C)ccc54)cc3C2=O)c(C)cc1N1C(=O)c2ccc(-n3c4ccc(C(C)(C)C)cc4c4cc(C(C)(C)C)ccc43)cc2C1=O. The molecular formula is C64H62N4O4. The molecule has 0 bridgehead atoms. The zero-order chi connectivity index (χ0) is 51.5. The molecule has 0 aliphatic carbocycles. The van der Waals surface area contributed by atoms with Crippen LogP contribution in [0.2, 0.25) is 0 Å². The van der Waals surface area contributed by atoms with Crippen molar-refractivity contribution in [2.75, 3.05) is 9.80 Å². The minimum absolute atomic E-state index is 0.0542. The maximum Gasteiger partial charge on any atom is 0.266 e. The molecule has 2 aliphatic rings. The van der Waals surface area contributed by atoms with E-state index < -0.39 is 23.6 Å². The Morgan fingerprint density at radius 2 is 0.569 bits per heavy atom. The van der Waals surface area contributed by atoms with E-state index >= 15 is 0 Å². The van der Waals surface area contributed by atoms with E-state index in [9.17, 15) is 19.2 Å². The highest BCUT2D eigenvalue weighted by molar-refractivity contribution is 6.36. The van der Waals surface area contributed by atoms with Crippen LogP contribution < -0.4 is 9.80 Å². The molecule has 0 spiro atoms. The van der Waals surface area contributed by atoms with Gasteiger partial charge in [0, 0.05) is 32.9 Å². The molecule has 72 heavy (non-hydrogen) atoms. The minimum Gasteiger partial charge on any atom is -0.309 e. The van der Waals surface area contributed by atoms with Crippen LogP contribution in [0.1, 0.15) is 158 Å². The summed E-state index contributed by atoms with van der Waals surface area (Å²) in [5, 5.41) is 4.52. The lowest BCUT2D eigenvalue weighted by Gasteiger charge is -2.22. The van der Waals surface area contributed by atoms with Gasteiger partial charge in [0.2, 0.25) is 0 Å². The van der Waals surface area contributed by atoms with Crippen LogP contribution in [0.3, 0.4) is 0 Å². The van der Waals surface area contributed by atoms with E-state index in [0.29, 0.717) is 44.8 Å². The fraction of sp³-hybridized carbons (Fsp3) is 0.281. The number of hydrogen-bond donors (Lipinski definition) is 0. The van der Waals surface area contributed by atoms with Gasteiger partial charge in [0.15, 0.2) is 0 Å². The average Bonchev–Trinajstić information content (AvgIpc) is 3.98. The smallest absolute Gasteiger partial charge is 0.266 e. The van der Waals surface area contributed by atoms with Crippen molar-refractivity contribution in [3.05, 3.63) is 177 Å². The Morgan fingerprint density at radius 1 is 0.306 bits per heavy atom. The summed E-state index contributed by atoms with van der Waals surface area (Å²) in [6.07, 6.45) is 0. The topological polar surface area (TPSA) is 84.6 Å². The number of fused-ring (bicyclic) bond motifs is 8. The summed E-state index contributed by atoms with van der Waals surface area (Å²) in [6, 6.07) is 41.0. The average molecular weight is 951 g/mol. The molecule has 11 rings (SSSR count). The number of rotatable bonds is 4. The van der Waals surface area contributed by atoms with Crippen molar-refractivity contribution in [2.45, 2.75) is 119 Å². The Labute approximate surface area is 421 Å². The fourth-order valence-corrected chi connectivity index (χ4v) is 10.9. The molecule has 8 heteroatoms. The predicted octanol–water partition coefficient (Wildman–Crippen LogP) is 15.3. The number of aromatic nitrogens is 2. The monoisotopic (exact) mass is 950 g/mol. The quantitative estimate of drug-likeness (QED) is 0.165. The molecule has 0 radical (unpaired) electrons. The molecule has 4 amide bonds. The van der Waals surface area contributed by atoms with E-state index in [-0.39, 0.29) is 21.7 Å². The van der Waals surface area contributed by atoms with Crippen LogP contribution in [0.5, 0.6) is 0 Å². The summed E-state index contributed by atoms with van der Waals surface area (Å²) < 4.78 is 4.38. The van der Waals surface area contributed by atoms with Gasteiger partial charge in [0.05, 0.1) is 55.7 Å². The molecule has 0 saturated carbocycles. The summed E-state index contributed by atoms with van der Waals surface area (Å²) in [4.78, 5) is 60.4. The van der Waals surface area contributed by atoms with Crippen molar-refractivity contribution in [1.82, 2.24) is 9.13 Å². The summed E-state index contributed by atoms with van der Waals surface area (Å²) in [5.74, 6) is -1.71. The van der Waals surface area contributed by atoms with Crippen molar-refractivity contribution >= 4 is 78.6 Å². The fourth-order valence-electron chi connectivity index (χ4n) is 10.9. The number of carbonyl (C=O) groups is 4. The molecular weight excluding hydrogens is 889 g/mol. The molecule has 7 aromatic carbocycles. The number of carbonyl (C=O) groups excluding carboxylic acids is 4. The first-order valence-corrected chi connectivity index (χ1v) is 25.1. The van der Waals surface area contributed by atoms with Gasteiger partial charge in [-0.1, -0.05) is 107 Å². The first kappa shape index (κ1) is 46.8. The largest absolute Gasteiger partial charge is 0.309 e. The number of benzene rings is 7. The lowest BCUT2D eigenvalue weighted by molar-refractivity contribution is 0.0909. The maximum absolute atomic E-state index is 14.6. The highest BCUT2D eigenvalue weighted by Crippen LogP contribution is 2.43. The molecule has 2 aliphatic heterocycles. The molecule has 2 aromatic heterocycles. The molecule has 9 aromatic rings. The van der Waals surface area contributed by atoms with Gasteiger partial charge < -0.3 is 9.13 Å². The van der Waals surface area contributed by atoms with Crippen LogP contribution in [0.25, 0.3) is 55.0 Å². The number of imide groups is 2. The van der Waals surface area contributed by atoms with Crippen LogP contribution in [0, 0.1) is 13.8 Å². The molecule has 0 saturated heterocycles. The van der Waals surface area contributed by atoms with Crippen molar-refractivity contribution in [1.29, 1.82) is 0 Å². The van der Waals surface area contributed by atoms with E-state index in [1.165, 1.54) is 32.1 Å². The van der Waals surface area contributed by atoms with Gasteiger partial charge >= 0.3 is 0 Å². The van der Waals surface area contributed by atoms with E-state index in [1.54, 1.807) is 38.1 Å². The Balaban J connectivity index is 0.939. The van der Waals surface area contributed by atoms with E-state index in [0.717, 1.165) is 55.0 Å². The lowest BCUT2D eigenvalue weighted by atomic mass is 9.85. The van der Waals surface area contributed by atoms with E-state index in [1.807, 2.05) is 24.3 Å². The van der Waals surface area contributed by atoms with E-state index in [4.69, 9.17) is 0 Å². The second-order valence-electron chi connectivity index (χ2n) is 24.4. The summed E-state index contributed by atoms with van der Waals surface area (Å²) in [7, 11) is 0. The van der Waals surface area contributed by atoms with Crippen molar-refractivity contribution in [3.63, 3.8) is 0 Å². The highest BCUT2D eigenvalue weighted by Gasteiger charge is 2.41.